The summed E-state index contributed by atoms with van der Waals surface area (Å²) in [6.45, 7) is 0. The number of hydrazine groups is 1. The topological polar surface area (TPSA) is 57.2 Å². The Labute approximate surface area is 74.8 Å². The van der Waals surface area contributed by atoms with Gasteiger partial charge in [0, 0.05) is 6.42 Å². The summed E-state index contributed by atoms with van der Waals surface area (Å²) < 4.78 is 12.5. The number of nitrogens with one attached hydrogen (secondary N) is 2. The number of aromatic nitrogens is 1. The van der Waals surface area contributed by atoms with Gasteiger partial charge >= 0.3 is 0 Å². The Morgan fingerprint density at radius 3 is 2.85 bits per heavy atom. The lowest BCUT2D eigenvalue weighted by Crippen LogP contribution is -2.30. The normalized spacial score (nSPS) is 27.8. The molecule has 2 atom stereocenters. The first-order valence-electron chi connectivity index (χ1n) is 4.06. The zero-order chi connectivity index (χ0) is 9.26. The van der Waals surface area contributed by atoms with Crippen LogP contribution in [0, 0.1) is 5.82 Å². The first-order chi connectivity index (χ1) is 6.25. The lowest BCUT2D eigenvalue weighted by Gasteiger charge is -2.06. The molecule has 3 N–H and O–H groups in total. The van der Waals surface area contributed by atoms with Crippen LogP contribution in [0.2, 0.25) is 0 Å². The molecule has 4 nitrogen and oxygen atoms in total. The van der Waals surface area contributed by atoms with Crippen LogP contribution in [0.3, 0.4) is 0 Å². The molecule has 0 radical (unpaired) electrons. The zero-order valence-corrected chi connectivity index (χ0v) is 6.87. The number of rotatable bonds is 1. The Balaban J connectivity index is 2.13. The second-order valence-corrected chi connectivity index (χ2v) is 2.99. The zero-order valence-electron chi connectivity index (χ0n) is 6.87. The summed E-state index contributed by atoms with van der Waals surface area (Å²) in [6, 6.07) is 2.91. The number of nitrogens with zero attached hydrogens (tertiary/aromatic N) is 1. The van der Waals surface area contributed by atoms with Gasteiger partial charge in [-0.15, -0.1) is 0 Å². The average molecular weight is 183 g/mol. The third-order valence-electron chi connectivity index (χ3n) is 1.99. The molecule has 2 heterocycles. The SMILES string of the molecule is OC1CC(c2ccc(F)cn2)NN1. The summed E-state index contributed by atoms with van der Waals surface area (Å²) in [7, 11) is 0. The summed E-state index contributed by atoms with van der Waals surface area (Å²) in [4.78, 5) is 3.91. The van der Waals surface area contributed by atoms with E-state index in [2.05, 4.69) is 15.8 Å². The van der Waals surface area contributed by atoms with Gasteiger partial charge in [0.2, 0.25) is 0 Å². The van der Waals surface area contributed by atoms with Crippen molar-refractivity contribution in [2.24, 2.45) is 0 Å². The largest absolute Gasteiger partial charge is 0.377 e. The van der Waals surface area contributed by atoms with Crippen LogP contribution in [0.5, 0.6) is 0 Å². The average Bonchev–Trinajstić information content (AvgIpc) is 2.53. The van der Waals surface area contributed by atoms with Crippen molar-refractivity contribution in [2.75, 3.05) is 0 Å². The molecule has 0 bridgehead atoms. The van der Waals surface area contributed by atoms with Crippen molar-refractivity contribution >= 4 is 0 Å². The maximum Gasteiger partial charge on any atom is 0.141 e. The van der Waals surface area contributed by atoms with Crippen molar-refractivity contribution < 1.29 is 9.50 Å². The standard InChI is InChI=1S/C8H10FN3O/c9-5-1-2-6(10-4-5)7-3-8(13)12-11-7/h1-2,4,7-8,11-13H,3H2. The number of pyridine rings is 1. The van der Waals surface area contributed by atoms with Gasteiger partial charge in [-0.25, -0.2) is 15.2 Å². The van der Waals surface area contributed by atoms with Gasteiger partial charge in [0.25, 0.3) is 0 Å². The van der Waals surface area contributed by atoms with E-state index in [9.17, 15) is 4.39 Å². The molecule has 0 aliphatic carbocycles. The first kappa shape index (κ1) is 8.55. The molecule has 1 aromatic heterocycles. The summed E-state index contributed by atoms with van der Waals surface area (Å²) in [5.41, 5.74) is 6.24. The molecule has 2 rings (SSSR count). The van der Waals surface area contributed by atoms with Crippen LogP contribution in [0.15, 0.2) is 18.3 Å². The van der Waals surface area contributed by atoms with Crippen molar-refractivity contribution in [1.29, 1.82) is 0 Å². The minimum absolute atomic E-state index is 0.0457. The second-order valence-electron chi connectivity index (χ2n) is 2.99. The van der Waals surface area contributed by atoms with E-state index < -0.39 is 6.23 Å². The molecule has 0 aromatic carbocycles. The molecule has 0 amide bonds. The van der Waals surface area contributed by atoms with Crippen LogP contribution in [0.4, 0.5) is 4.39 Å². The maximum atomic E-state index is 12.5. The Kier molecular flexibility index (Phi) is 2.22. The maximum absolute atomic E-state index is 12.5. The molecule has 70 valence electrons. The summed E-state index contributed by atoms with van der Waals surface area (Å²) in [5.74, 6) is -0.352. The minimum Gasteiger partial charge on any atom is -0.377 e. The van der Waals surface area contributed by atoms with E-state index in [0.29, 0.717) is 6.42 Å². The molecule has 0 saturated carbocycles. The molecule has 1 saturated heterocycles. The Morgan fingerprint density at radius 1 is 1.46 bits per heavy atom. The monoisotopic (exact) mass is 183 g/mol. The molecule has 1 aliphatic heterocycles. The van der Waals surface area contributed by atoms with Crippen LogP contribution >= 0.6 is 0 Å². The predicted octanol–water partition coefficient (Wildman–Crippen LogP) is 0.0781. The highest BCUT2D eigenvalue weighted by Gasteiger charge is 2.23. The molecular formula is C8H10FN3O. The van der Waals surface area contributed by atoms with Gasteiger partial charge in [0.05, 0.1) is 17.9 Å². The fourth-order valence-corrected chi connectivity index (χ4v) is 1.33. The van der Waals surface area contributed by atoms with Gasteiger partial charge in [-0.1, -0.05) is 0 Å². The quantitative estimate of drug-likeness (QED) is 0.577. The van der Waals surface area contributed by atoms with Gasteiger partial charge in [-0.05, 0) is 12.1 Å². The van der Waals surface area contributed by atoms with E-state index in [0.717, 1.165) is 5.69 Å². The van der Waals surface area contributed by atoms with E-state index >= 15 is 0 Å². The number of halogens is 1. The lowest BCUT2D eigenvalue weighted by molar-refractivity contribution is 0.153. The van der Waals surface area contributed by atoms with E-state index in [1.807, 2.05) is 0 Å². The molecule has 5 heteroatoms. The van der Waals surface area contributed by atoms with E-state index in [1.165, 1.54) is 12.3 Å². The van der Waals surface area contributed by atoms with Gasteiger partial charge in [0.1, 0.15) is 12.0 Å². The number of aliphatic hydroxyl groups is 1. The highest BCUT2D eigenvalue weighted by Crippen LogP contribution is 2.18. The van der Waals surface area contributed by atoms with Crippen molar-refractivity contribution in [3.63, 3.8) is 0 Å². The number of hydrogen-bond acceptors (Lipinski definition) is 4. The third-order valence-corrected chi connectivity index (χ3v) is 1.99. The van der Waals surface area contributed by atoms with Gasteiger partial charge in [-0.2, -0.15) is 0 Å². The van der Waals surface area contributed by atoms with Crippen LogP contribution in [0.25, 0.3) is 0 Å². The Bertz CT molecular complexity index is 290. The van der Waals surface area contributed by atoms with Crippen LogP contribution in [-0.2, 0) is 0 Å². The molecule has 0 spiro atoms. The number of hydrogen-bond donors (Lipinski definition) is 3. The molecular weight excluding hydrogens is 173 g/mol. The van der Waals surface area contributed by atoms with Crippen molar-refractivity contribution in [3.05, 3.63) is 29.8 Å². The van der Waals surface area contributed by atoms with Crippen LogP contribution in [0.1, 0.15) is 18.2 Å². The fourth-order valence-electron chi connectivity index (χ4n) is 1.33. The number of aliphatic hydroxyl groups excluding tert-OH is 1. The Morgan fingerprint density at radius 2 is 2.31 bits per heavy atom. The predicted molar refractivity (Wildman–Crippen MR) is 43.8 cm³/mol. The molecule has 1 aliphatic rings. The minimum atomic E-state index is -0.558. The van der Waals surface area contributed by atoms with Crippen LogP contribution in [-0.4, -0.2) is 16.3 Å². The second kappa shape index (κ2) is 3.37. The summed E-state index contributed by atoms with van der Waals surface area (Å²) in [5, 5.41) is 9.14. The summed E-state index contributed by atoms with van der Waals surface area (Å²) in [6.07, 6.45) is 1.15. The highest BCUT2D eigenvalue weighted by atomic mass is 19.1. The molecule has 1 fully saturated rings. The third kappa shape index (κ3) is 1.82. The highest BCUT2D eigenvalue weighted by molar-refractivity contribution is 5.10. The Hall–Kier alpha value is -1.04. The van der Waals surface area contributed by atoms with Gasteiger partial charge in [-0.3, -0.25) is 4.98 Å². The van der Waals surface area contributed by atoms with Crippen molar-refractivity contribution in [2.45, 2.75) is 18.7 Å². The van der Waals surface area contributed by atoms with E-state index in [1.54, 1.807) is 6.07 Å². The van der Waals surface area contributed by atoms with Crippen LogP contribution < -0.4 is 10.9 Å². The van der Waals surface area contributed by atoms with Crippen molar-refractivity contribution in [3.8, 4) is 0 Å². The van der Waals surface area contributed by atoms with Gasteiger partial charge in [0.15, 0.2) is 0 Å². The molecule has 13 heavy (non-hydrogen) atoms. The first-order valence-corrected chi connectivity index (χ1v) is 4.06. The van der Waals surface area contributed by atoms with E-state index in [4.69, 9.17) is 5.11 Å². The molecule has 2 unspecified atom stereocenters. The van der Waals surface area contributed by atoms with Gasteiger partial charge < -0.3 is 5.11 Å². The smallest absolute Gasteiger partial charge is 0.141 e. The lowest BCUT2D eigenvalue weighted by atomic mass is 10.1. The summed E-state index contributed by atoms with van der Waals surface area (Å²) >= 11 is 0. The fraction of sp³-hybridized carbons (Fsp3) is 0.375. The molecule has 1 aromatic rings. The van der Waals surface area contributed by atoms with Crippen molar-refractivity contribution in [1.82, 2.24) is 15.8 Å². The van der Waals surface area contributed by atoms with E-state index in [-0.39, 0.29) is 11.9 Å².